The van der Waals surface area contributed by atoms with Crippen molar-refractivity contribution in [1.82, 2.24) is 4.98 Å². The number of nitrogens with zero attached hydrogens (tertiary/aromatic N) is 2. The van der Waals surface area contributed by atoms with Gasteiger partial charge in [0.25, 0.3) is 0 Å². The molecule has 1 aromatic rings. The number of hydrogen-bond donors (Lipinski definition) is 1. The first-order valence-electron chi connectivity index (χ1n) is 5.73. The largest absolute Gasteiger partial charge is 0.481 e. The van der Waals surface area contributed by atoms with Gasteiger partial charge < -0.3 is 10.0 Å². The van der Waals surface area contributed by atoms with Gasteiger partial charge in [-0.2, -0.15) is 0 Å². The maximum Gasteiger partial charge on any atom is 0.303 e. The molecule has 0 amide bonds. The minimum absolute atomic E-state index is 0.285. The molecule has 2 heterocycles. The number of piperidine rings is 1. The molecular formula is C11H15ClN2O2S. The fourth-order valence-corrected chi connectivity index (χ4v) is 3.13. The fourth-order valence-electron chi connectivity index (χ4n) is 2.13. The van der Waals surface area contributed by atoms with Crippen molar-refractivity contribution >= 4 is 34.0 Å². The van der Waals surface area contributed by atoms with Crippen LogP contribution in [0.15, 0.2) is 5.38 Å². The third kappa shape index (κ3) is 3.57. The normalized spacial score (nSPS) is 17.4. The maximum absolute atomic E-state index is 10.5. The molecule has 94 valence electrons. The van der Waals surface area contributed by atoms with E-state index in [0.717, 1.165) is 37.5 Å². The van der Waals surface area contributed by atoms with Gasteiger partial charge in [0, 0.05) is 24.9 Å². The summed E-state index contributed by atoms with van der Waals surface area (Å²) in [6.45, 7) is 1.91. The van der Waals surface area contributed by atoms with E-state index in [2.05, 4.69) is 9.88 Å². The molecule has 4 nitrogen and oxygen atoms in total. The van der Waals surface area contributed by atoms with Crippen LogP contribution in [0.5, 0.6) is 0 Å². The van der Waals surface area contributed by atoms with Gasteiger partial charge in [0.1, 0.15) is 5.15 Å². The molecule has 6 heteroatoms. The number of halogens is 1. The van der Waals surface area contributed by atoms with E-state index in [4.69, 9.17) is 16.7 Å². The smallest absolute Gasteiger partial charge is 0.303 e. The number of hydrogen-bond acceptors (Lipinski definition) is 4. The summed E-state index contributed by atoms with van der Waals surface area (Å²) >= 11 is 7.36. The molecule has 1 aliphatic heterocycles. The van der Waals surface area contributed by atoms with E-state index in [9.17, 15) is 4.79 Å². The van der Waals surface area contributed by atoms with Crippen LogP contribution in [-0.2, 0) is 4.79 Å². The zero-order valence-electron chi connectivity index (χ0n) is 9.43. The first-order valence-corrected chi connectivity index (χ1v) is 6.98. The van der Waals surface area contributed by atoms with Crippen molar-refractivity contribution < 1.29 is 9.90 Å². The average Bonchev–Trinajstić information content (AvgIpc) is 2.74. The zero-order valence-corrected chi connectivity index (χ0v) is 11.0. The van der Waals surface area contributed by atoms with E-state index in [1.165, 1.54) is 0 Å². The molecule has 1 saturated heterocycles. The number of carboxylic acids is 1. The molecule has 0 saturated carbocycles. The minimum Gasteiger partial charge on any atom is -0.481 e. The molecule has 0 spiro atoms. The molecule has 0 aliphatic carbocycles. The lowest BCUT2D eigenvalue weighted by atomic mass is 9.92. The molecule has 0 radical (unpaired) electrons. The molecular weight excluding hydrogens is 260 g/mol. The predicted molar refractivity (Wildman–Crippen MR) is 68.9 cm³/mol. The Morgan fingerprint density at radius 3 is 2.82 bits per heavy atom. The van der Waals surface area contributed by atoms with Crippen LogP contribution in [0.3, 0.4) is 0 Å². The van der Waals surface area contributed by atoms with E-state index in [0.29, 0.717) is 11.1 Å². The van der Waals surface area contributed by atoms with Crippen molar-refractivity contribution in [2.45, 2.75) is 25.7 Å². The first-order chi connectivity index (χ1) is 8.15. The van der Waals surface area contributed by atoms with Crippen molar-refractivity contribution in [2.24, 2.45) is 5.92 Å². The highest BCUT2D eigenvalue weighted by Crippen LogP contribution is 2.29. The summed E-state index contributed by atoms with van der Waals surface area (Å²) in [6, 6.07) is 0. The Kier molecular flexibility index (Phi) is 4.23. The Morgan fingerprint density at radius 1 is 1.59 bits per heavy atom. The maximum atomic E-state index is 10.5. The topological polar surface area (TPSA) is 53.4 Å². The first kappa shape index (κ1) is 12.6. The molecule has 1 aliphatic rings. The average molecular weight is 275 g/mol. The Morgan fingerprint density at radius 2 is 2.29 bits per heavy atom. The molecule has 0 aromatic carbocycles. The lowest BCUT2D eigenvalue weighted by Gasteiger charge is -2.31. The number of carboxylic acid groups (broad SMARTS) is 1. The highest BCUT2D eigenvalue weighted by molar-refractivity contribution is 7.14. The van der Waals surface area contributed by atoms with Gasteiger partial charge in [-0.05, 0) is 25.2 Å². The number of anilines is 1. The summed E-state index contributed by atoms with van der Waals surface area (Å²) in [5, 5.41) is 12.0. The summed E-state index contributed by atoms with van der Waals surface area (Å²) < 4.78 is 0. The number of rotatable bonds is 4. The second-order valence-corrected chi connectivity index (χ2v) is 5.54. The van der Waals surface area contributed by atoms with Crippen molar-refractivity contribution in [2.75, 3.05) is 18.0 Å². The monoisotopic (exact) mass is 274 g/mol. The molecule has 0 bridgehead atoms. The highest BCUT2D eigenvalue weighted by Gasteiger charge is 2.21. The quantitative estimate of drug-likeness (QED) is 0.917. The molecule has 0 atom stereocenters. The zero-order chi connectivity index (χ0) is 12.3. The Balaban J connectivity index is 1.80. The van der Waals surface area contributed by atoms with Gasteiger partial charge in [-0.1, -0.05) is 11.6 Å². The number of aromatic nitrogens is 1. The minimum atomic E-state index is -0.695. The van der Waals surface area contributed by atoms with Crippen molar-refractivity contribution in [3.8, 4) is 0 Å². The highest BCUT2D eigenvalue weighted by atomic mass is 35.5. The van der Waals surface area contributed by atoms with Gasteiger partial charge in [-0.15, -0.1) is 11.3 Å². The van der Waals surface area contributed by atoms with Crippen molar-refractivity contribution in [3.05, 3.63) is 10.5 Å². The van der Waals surface area contributed by atoms with Crippen LogP contribution in [0.25, 0.3) is 0 Å². The van der Waals surface area contributed by atoms with Crippen LogP contribution in [0.2, 0.25) is 5.15 Å². The summed E-state index contributed by atoms with van der Waals surface area (Å²) in [4.78, 5) is 17.0. The van der Waals surface area contributed by atoms with E-state index < -0.39 is 5.97 Å². The third-order valence-corrected chi connectivity index (χ3v) is 4.34. The van der Waals surface area contributed by atoms with Crippen LogP contribution in [0.4, 0.5) is 5.13 Å². The van der Waals surface area contributed by atoms with Crippen LogP contribution >= 0.6 is 22.9 Å². The lowest BCUT2D eigenvalue weighted by Crippen LogP contribution is -2.33. The predicted octanol–water partition coefficient (Wildman–Crippen LogP) is 2.88. The van der Waals surface area contributed by atoms with Crippen molar-refractivity contribution in [3.63, 3.8) is 0 Å². The third-order valence-electron chi connectivity index (χ3n) is 3.12. The number of aliphatic carboxylic acids is 1. The van der Waals surface area contributed by atoms with Crippen LogP contribution in [-0.4, -0.2) is 29.1 Å². The van der Waals surface area contributed by atoms with Crippen molar-refractivity contribution in [1.29, 1.82) is 0 Å². The van der Waals surface area contributed by atoms with Gasteiger partial charge >= 0.3 is 5.97 Å². The number of carbonyl (C=O) groups is 1. The SMILES string of the molecule is O=C(O)CCC1CCN(c2nc(Cl)cs2)CC1. The van der Waals surface area contributed by atoms with Gasteiger partial charge in [0.05, 0.1) is 0 Å². The molecule has 0 unspecified atom stereocenters. The molecule has 2 rings (SSSR count). The van der Waals surface area contributed by atoms with Crippen LogP contribution in [0.1, 0.15) is 25.7 Å². The number of thiazole rings is 1. The summed E-state index contributed by atoms with van der Waals surface area (Å²) in [5.41, 5.74) is 0. The van der Waals surface area contributed by atoms with Gasteiger partial charge in [-0.25, -0.2) is 4.98 Å². The van der Waals surface area contributed by atoms with E-state index in [-0.39, 0.29) is 6.42 Å². The van der Waals surface area contributed by atoms with E-state index >= 15 is 0 Å². The second-order valence-electron chi connectivity index (χ2n) is 4.32. The van der Waals surface area contributed by atoms with Gasteiger partial charge in [0.2, 0.25) is 0 Å². The molecule has 17 heavy (non-hydrogen) atoms. The Labute approximate surface area is 109 Å². The van der Waals surface area contributed by atoms with Crippen LogP contribution < -0.4 is 4.90 Å². The summed E-state index contributed by atoms with van der Waals surface area (Å²) in [6.07, 6.45) is 3.17. The van der Waals surface area contributed by atoms with E-state index in [1.807, 2.05) is 5.38 Å². The molecule has 1 aromatic heterocycles. The summed E-state index contributed by atoms with van der Waals surface area (Å²) in [5.74, 6) is -0.156. The lowest BCUT2D eigenvalue weighted by molar-refractivity contribution is -0.137. The second kappa shape index (κ2) is 5.69. The fraction of sp³-hybridized carbons (Fsp3) is 0.636. The van der Waals surface area contributed by atoms with Crippen LogP contribution in [0, 0.1) is 5.92 Å². The molecule has 1 fully saturated rings. The van der Waals surface area contributed by atoms with E-state index in [1.54, 1.807) is 11.3 Å². The standard InChI is InChI=1S/C11H15ClN2O2S/c12-9-7-17-11(13-9)14-5-3-8(4-6-14)1-2-10(15)16/h7-8H,1-6H2,(H,15,16). The Bertz CT molecular complexity index is 389. The summed E-state index contributed by atoms with van der Waals surface area (Å²) in [7, 11) is 0. The van der Waals surface area contributed by atoms with Gasteiger partial charge in [-0.3, -0.25) is 4.79 Å². The van der Waals surface area contributed by atoms with Gasteiger partial charge in [0.15, 0.2) is 5.13 Å². The molecule has 1 N–H and O–H groups in total. The Hall–Kier alpha value is -0.810.